The van der Waals surface area contributed by atoms with Crippen LogP contribution in [-0.4, -0.2) is 25.0 Å². The van der Waals surface area contributed by atoms with Crippen LogP contribution in [0.2, 0.25) is 0 Å². The zero-order valence-electron chi connectivity index (χ0n) is 9.81. The van der Waals surface area contributed by atoms with Crippen LogP contribution in [0.25, 0.3) is 0 Å². The highest BCUT2D eigenvalue weighted by Gasteiger charge is 2.34. The fourth-order valence-corrected chi connectivity index (χ4v) is 2.28. The van der Waals surface area contributed by atoms with E-state index in [0.717, 1.165) is 25.9 Å². The summed E-state index contributed by atoms with van der Waals surface area (Å²) in [6, 6.07) is 0.352. The predicted molar refractivity (Wildman–Crippen MR) is 60.5 cm³/mol. The van der Waals surface area contributed by atoms with E-state index >= 15 is 0 Å². The van der Waals surface area contributed by atoms with E-state index in [9.17, 15) is 4.79 Å². The maximum atomic E-state index is 11.7. The third-order valence-electron chi connectivity index (χ3n) is 3.64. The van der Waals surface area contributed by atoms with Crippen LogP contribution in [0.4, 0.5) is 0 Å². The van der Waals surface area contributed by atoms with E-state index in [1.54, 1.807) is 0 Å². The first-order valence-corrected chi connectivity index (χ1v) is 6.08. The normalized spacial score (nSPS) is 29.9. The van der Waals surface area contributed by atoms with Crippen molar-refractivity contribution in [1.82, 2.24) is 10.6 Å². The first-order valence-electron chi connectivity index (χ1n) is 6.08. The van der Waals surface area contributed by atoms with E-state index in [-0.39, 0.29) is 11.3 Å². The number of carbonyl (C=O) groups is 1. The fourth-order valence-electron chi connectivity index (χ4n) is 2.28. The average Bonchev–Trinajstić information content (AvgIpc) is 2.92. The molecule has 0 radical (unpaired) electrons. The summed E-state index contributed by atoms with van der Waals surface area (Å²) in [6.45, 7) is 6.47. The van der Waals surface area contributed by atoms with Crippen LogP contribution < -0.4 is 10.6 Å². The number of carbonyl (C=O) groups excluding carboxylic acids is 1. The molecule has 1 atom stereocenters. The highest BCUT2D eigenvalue weighted by molar-refractivity contribution is 5.76. The molecule has 0 aromatic heterocycles. The van der Waals surface area contributed by atoms with Crippen molar-refractivity contribution in [3.8, 4) is 0 Å². The molecule has 0 aromatic rings. The number of hydrogen-bond acceptors (Lipinski definition) is 2. The second kappa shape index (κ2) is 4.12. The molecule has 3 heteroatoms. The van der Waals surface area contributed by atoms with Crippen molar-refractivity contribution in [3.63, 3.8) is 0 Å². The lowest BCUT2D eigenvalue weighted by Crippen LogP contribution is -2.54. The van der Waals surface area contributed by atoms with Gasteiger partial charge in [-0.1, -0.05) is 13.8 Å². The van der Waals surface area contributed by atoms with Crippen LogP contribution in [0, 0.1) is 11.3 Å². The fraction of sp³-hybridized carbons (Fsp3) is 0.917. The Morgan fingerprint density at radius 1 is 1.40 bits per heavy atom. The van der Waals surface area contributed by atoms with Gasteiger partial charge in [-0.3, -0.25) is 4.79 Å². The van der Waals surface area contributed by atoms with Crippen molar-refractivity contribution in [2.45, 2.75) is 45.6 Å². The smallest absolute Gasteiger partial charge is 0.220 e. The molecule has 2 N–H and O–H groups in total. The molecule has 1 amide bonds. The quantitative estimate of drug-likeness (QED) is 0.737. The number of amides is 1. The van der Waals surface area contributed by atoms with Crippen LogP contribution in [0.3, 0.4) is 0 Å². The molecule has 1 aliphatic carbocycles. The minimum absolute atomic E-state index is 0.192. The molecule has 2 fully saturated rings. The minimum Gasteiger partial charge on any atom is -0.353 e. The van der Waals surface area contributed by atoms with Gasteiger partial charge in [-0.2, -0.15) is 0 Å². The molecule has 1 heterocycles. The first-order chi connectivity index (χ1) is 7.08. The number of hydrogen-bond donors (Lipinski definition) is 2. The third kappa shape index (κ3) is 2.94. The van der Waals surface area contributed by atoms with E-state index in [1.165, 1.54) is 12.8 Å². The summed E-state index contributed by atoms with van der Waals surface area (Å²) in [4.78, 5) is 11.7. The lowest BCUT2D eigenvalue weighted by molar-refractivity contribution is -0.123. The molecule has 1 aliphatic heterocycles. The van der Waals surface area contributed by atoms with Crippen molar-refractivity contribution >= 4 is 5.91 Å². The van der Waals surface area contributed by atoms with E-state index < -0.39 is 0 Å². The number of nitrogens with one attached hydrogen (secondary N) is 2. The minimum atomic E-state index is 0.192. The third-order valence-corrected chi connectivity index (χ3v) is 3.64. The van der Waals surface area contributed by atoms with Crippen LogP contribution >= 0.6 is 0 Å². The molecule has 0 bridgehead atoms. The standard InChI is InChI=1S/C12H22N2O/c1-12(2)8-13-6-5-10(12)14-11(15)7-9-3-4-9/h9-10,13H,3-8H2,1-2H3,(H,14,15). The summed E-state index contributed by atoms with van der Waals surface area (Å²) < 4.78 is 0. The maximum Gasteiger partial charge on any atom is 0.220 e. The summed E-state index contributed by atoms with van der Waals surface area (Å²) in [5.74, 6) is 0.951. The Bertz CT molecular complexity index is 246. The van der Waals surface area contributed by atoms with Gasteiger partial charge in [0, 0.05) is 19.0 Å². The summed E-state index contributed by atoms with van der Waals surface area (Å²) >= 11 is 0. The van der Waals surface area contributed by atoms with Crippen LogP contribution in [0.1, 0.15) is 39.5 Å². The van der Waals surface area contributed by atoms with Gasteiger partial charge >= 0.3 is 0 Å². The van der Waals surface area contributed by atoms with Gasteiger partial charge in [-0.05, 0) is 37.1 Å². The topological polar surface area (TPSA) is 41.1 Å². The second-order valence-corrected chi connectivity index (χ2v) is 5.72. The van der Waals surface area contributed by atoms with E-state index in [4.69, 9.17) is 0 Å². The summed E-state index contributed by atoms with van der Waals surface area (Å²) in [7, 11) is 0. The van der Waals surface area contributed by atoms with E-state index in [1.807, 2.05) is 0 Å². The highest BCUT2D eigenvalue weighted by Crippen LogP contribution is 2.32. The molecule has 15 heavy (non-hydrogen) atoms. The Kier molecular flexibility index (Phi) is 3.01. The Morgan fingerprint density at radius 3 is 2.73 bits per heavy atom. The molecule has 86 valence electrons. The SMILES string of the molecule is CC1(C)CNCCC1NC(=O)CC1CC1. The van der Waals surface area contributed by atoms with Gasteiger partial charge in [0.25, 0.3) is 0 Å². The van der Waals surface area contributed by atoms with Gasteiger partial charge in [0.1, 0.15) is 0 Å². The molecule has 0 spiro atoms. The Balaban J connectivity index is 1.82. The molecular formula is C12H22N2O. The second-order valence-electron chi connectivity index (χ2n) is 5.72. The van der Waals surface area contributed by atoms with Crippen LogP contribution in [0.15, 0.2) is 0 Å². The Morgan fingerprint density at radius 2 is 2.13 bits per heavy atom. The van der Waals surface area contributed by atoms with Crippen molar-refractivity contribution in [3.05, 3.63) is 0 Å². The molecular weight excluding hydrogens is 188 g/mol. The zero-order chi connectivity index (χ0) is 10.9. The van der Waals surface area contributed by atoms with Gasteiger partial charge in [-0.25, -0.2) is 0 Å². The van der Waals surface area contributed by atoms with Gasteiger partial charge in [0.2, 0.25) is 5.91 Å². The zero-order valence-corrected chi connectivity index (χ0v) is 9.81. The van der Waals surface area contributed by atoms with Gasteiger partial charge in [0.05, 0.1) is 0 Å². The summed E-state index contributed by atoms with van der Waals surface area (Å²) in [6.07, 6.45) is 4.31. The number of rotatable bonds is 3. The molecule has 2 rings (SSSR count). The largest absolute Gasteiger partial charge is 0.353 e. The van der Waals surface area contributed by atoms with E-state index in [2.05, 4.69) is 24.5 Å². The molecule has 0 aromatic carbocycles. The highest BCUT2D eigenvalue weighted by atomic mass is 16.1. The lowest BCUT2D eigenvalue weighted by atomic mass is 9.80. The number of piperidine rings is 1. The Hall–Kier alpha value is -0.570. The molecule has 3 nitrogen and oxygen atoms in total. The van der Waals surface area contributed by atoms with Crippen molar-refractivity contribution in [2.24, 2.45) is 11.3 Å². The van der Waals surface area contributed by atoms with Gasteiger partial charge in [-0.15, -0.1) is 0 Å². The Labute approximate surface area is 92.0 Å². The first kappa shape index (κ1) is 10.9. The molecule has 1 saturated heterocycles. The molecule has 2 aliphatic rings. The summed E-state index contributed by atoms with van der Waals surface area (Å²) in [5.41, 5.74) is 0.192. The van der Waals surface area contributed by atoms with E-state index in [0.29, 0.717) is 12.0 Å². The van der Waals surface area contributed by atoms with Gasteiger partial charge < -0.3 is 10.6 Å². The van der Waals surface area contributed by atoms with Gasteiger partial charge in [0.15, 0.2) is 0 Å². The van der Waals surface area contributed by atoms with Crippen molar-refractivity contribution in [1.29, 1.82) is 0 Å². The monoisotopic (exact) mass is 210 g/mol. The van der Waals surface area contributed by atoms with Crippen molar-refractivity contribution < 1.29 is 4.79 Å². The van der Waals surface area contributed by atoms with Crippen LogP contribution in [-0.2, 0) is 4.79 Å². The molecule has 1 unspecified atom stereocenters. The average molecular weight is 210 g/mol. The van der Waals surface area contributed by atoms with Crippen LogP contribution in [0.5, 0.6) is 0 Å². The predicted octanol–water partition coefficient (Wildman–Crippen LogP) is 1.29. The molecule has 1 saturated carbocycles. The van der Waals surface area contributed by atoms with Crippen molar-refractivity contribution in [2.75, 3.05) is 13.1 Å². The summed E-state index contributed by atoms with van der Waals surface area (Å²) in [5, 5.41) is 6.58. The lowest BCUT2D eigenvalue weighted by Gasteiger charge is -2.39. The maximum absolute atomic E-state index is 11.7.